The second-order valence-electron chi connectivity index (χ2n) is 9.00. The van der Waals surface area contributed by atoms with Gasteiger partial charge >= 0.3 is 6.18 Å². The van der Waals surface area contributed by atoms with Gasteiger partial charge in [-0.15, -0.1) is 0 Å². The van der Waals surface area contributed by atoms with Gasteiger partial charge in [-0.05, 0) is 61.4 Å². The maximum absolute atomic E-state index is 12.8. The highest BCUT2D eigenvalue weighted by Gasteiger charge is 2.35. The zero-order chi connectivity index (χ0) is 28.3. The van der Waals surface area contributed by atoms with E-state index in [1.165, 1.54) is 17.7 Å². The summed E-state index contributed by atoms with van der Waals surface area (Å²) in [5, 5.41) is 5.26. The molecule has 4 rings (SSSR count). The molecule has 0 atom stereocenters. The molecule has 0 radical (unpaired) electrons. The topological polar surface area (TPSA) is 100 Å². The van der Waals surface area contributed by atoms with E-state index in [0.29, 0.717) is 17.8 Å². The Morgan fingerprint density at radius 2 is 1.68 bits per heavy atom. The number of carbonyl (C=O) groups is 2. The molecule has 38 heavy (non-hydrogen) atoms. The quantitative estimate of drug-likeness (QED) is 0.484. The zero-order valence-electron chi connectivity index (χ0n) is 22.6. The number of aromatic nitrogens is 1. The molecular weight excluding hydrogens is 495 g/mol. The van der Waals surface area contributed by atoms with Crippen molar-refractivity contribution in [3.8, 4) is 0 Å². The van der Waals surface area contributed by atoms with E-state index in [4.69, 9.17) is 5.73 Å². The van der Waals surface area contributed by atoms with Crippen LogP contribution in [-0.2, 0) is 11.0 Å². The number of hydrogen-bond donors (Lipinski definition) is 3. The molecule has 1 aromatic carbocycles. The summed E-state index contributed by atoms with van der Waals surface area (Å²) in [4.78, 5) is 30.9. The number of carbonyl (C=O) groups excluding carboxylic acids is 2. The second kappa shape index (κ2) is 14.7. The highest BCUT2D eigenvalue weighted by molar-refractivity contribution is 5.96. The number of benzene rings is 1. The molecule has 0 unspecified atom stereocenters. The van der Waals surface area contributed by atoms with Crippen LogP contribution in [-0.4, -0.2) is 53.4 Å². The lowest BCUT2D eigenvalue weighted by molar-refractivity contribution is -0.137. The van der Waals surface area contributed by atoms with Crippen LogP contribution >= 0.6 is 0 Å². The minimum absolute atomic E-state index is 0.0111. The molecule has 2 amide bonds. The van der Waals surface area contributed by atoms with Crippen molar-refractivity contribution in [2.75, 3.05) is 25.4 Å². The normalized spacial score (nSPS) is 19.6. The maximum atomic E-state index is 12.8. The summed E-state index contributed by atoms with van der Waals surface area (Å²) >= 11 is 0. The maximum Gasteiger partial charge on any atom is 0.416 e. The van der Waals surface area contributed by atoms with Crippen LogP contribution in [0.5, 0.6) is 0 Å². The molecule has 210 valence electrons. The lowest BCUT2D eigenvalue weighted by Gasteiger charge is -2.46. The Morgan fingerprint density at radius 3 is 2.26 bits per heavy atom. The lowest BCUT2D eigenvalue weighted by atomic mass is 9.81. The Kier molecular flexibility index (Phi) is 12.0. The molecule has 1 aliphatic heterocycles. The Hall–Kier alpha value is -3.14. The summed E-state index contributed by atoms with van der Waals surface area (Å²) in [6.07, 6.45) is 1.68. The van der Waals surface area contributed by atoms with E-state index < -0.39 is 17.6 Å². The van der Waals surface area contributed by atoms with Crippen LogP contribution in [0.4, 0.5) is 19.0 Å². The number of alkyl halides is 3. The summed E-state index contributed by atoms with van der Waals surface area (Å²) in [6, 6.07) is 8.51. The third-order valence-corrected chi connectivity index (χ3v) is 6.63. The van der Waals surface area contributed by atoms with E-state index in [9.17, 15) is 22.8 Å². The van der Waals surface area contributed by atoms with Gasteiger partial charge in [-0.2, -0.15) is 13.2 Å². The molecule has 7 nitrogen and oxygen atoms in total. The fourth-order valence-electron chi connectivity index (χ4n) is 4.71. The van der Waals surface area contributed by atoms with E-state index >= 15 is 0 Å². The number of likely N-dealkylation sites (tertiary alicyclic amines) is 1. The first kappa shape index (κ1) is 31.1. The van der Waals surface area contributed by atoms with Crippen molar-refractivity contribution in [2.45, 2.75) is 77.6 Å². The second-order valence-corrected chi connectivity index (χ2v) is 9.00. The molecule has 2 fully saturated rings. The van der Waals surface area contributed by atoms with Gasteiger partial charge in [-0.25, -0.2) is 4.98 Å². The minimum Gasteiger partial charge on any atom is -0.384 e. The number of hydrogen-bond acceptors (Lipinski definition) is 5. The molecule has 1 saturated heterocycles. The molecule has 2 aromatic rings. The molecule has 1 saturated carbocycles. The molecule has 1 aliphatic carbocycles. The first-order chi connectivity index (χ1) is 18.2. The fraction of sp³-hybridized carbons (Fsp3) is 0.536. The van der Waals surface area contributed by atoms with E-state index in [2.05, 4.69) is 20.5 Å². The van der Waals surface area contributed by atoms with Crippen LogP contribution in [0, 0.1) is 0 Å². The molecule has 1 aromatic heterocycles. The summed E-state index contributed by atoms with van der Waals surface area (Å²) < 4.78 is 38.4. The predicted octanol–water partition coefficient (Wildman–Crippen LogP) is 4.99. The van der Waals surface area contributed by atoms with Crippen LogP contribution in [0.3, 0.4) is 0 Å². The molecule has 0 spiro atoms. The van der Waals surface area contributed by atoms with Crippen molar-refractivity contribution in [3.05, 3.63) is 59.3 Å². The Bertz CT molecular complexity index is 1020. The predicted molar refractivity (Wildman–Crippen MR) is 144 cm³/mol. The van der Waals surface area contributed by atoms with Crippen molar-refractivity contribution >= 4 is 17.6 Å². The number of nitrogen functional groups attached to an aromatic ring is 1. The molecule has 10 heteroatoms. The average Bonchev–Trinajstić information content (AvgIpc) is 2.91. The number of amides is 2. The van der Waals surface area contributed by atoms with E-state index in [0.717, 1.165) is 50.9 Å². The largest absolute Gasteiger partial charge is 0.416 e. The van der Waals surface area contributed by atoms with Crippen molar-refractivity contribution in [1.29, 1.82) is 0 Å². The number of nitrogens with two attached hydrogens (primary N) is 1. The molecule has 2 aliphatic rings. The highest BCUT2D eigenvalue weighted by Crippen LogP contribution is 2.36. The van der Waals surface area contributed by atoms with Crippen LogP contribution in [0.1, 0.15) is 80.8 Å². The fourth-order valence-corrected chi connectivity index (χ4v) is 4.71. The van der Waals surface area contributed by atoms with Gasteiger partial charge in [0.2, 0.25) is 5.91 Å². The van der Waals surface area contributed by atoms with Gasteiger partial charge < -0.3 is 16.4 Å². The first-order valence-corrected chi connectivity index (χ1v) is 13.4. The third-order valence-electron chi connectivity index (χ3n) is 6.63. The van der Waals surface area contributed by atoms with Crippen LogP contribution < -0.4 is 16.4 Å². The van der Waals surface area contributed by atoms with Gasteiger partial charge in [0, 0.05) is 30.9 Å². The van der Waals surface area contributed by atoms with Gasteiger partial charge in [0.25, 0.3) is 5.91 Å². The van der Waals surface area contributed by atoms with Crippen molar-refractivity contribution < 1.29 is 22.8 Å². The summed E-state index contributed by atoms with van der Waals surface area (Å²) in [5.41, 5.74) is 5.85. The monoisotopic (exact) mass is 535 g/mol. The van der Waals surface area contributed by atoms with Crippen LogP contribution in [0.15, 0.2) is 42.6 Å². The third kappa shape index (κ3) is 8.72. The van der Waals surface area contributed by atoms with Crippen molar-refractivity contribution in [1.82, 2.24) is 20.5 Å². The number of rotatable bonds is 6. The van der Waals surface area contributed by atoms with E-state index in [1.54, 1.807) is 0 Å². The average molecular weight is 536 g/mol. The molecule has 2 heterocycles. The van der Waals surface area contributed by atoms with E-state index in [1.807, 2.05) is 46.0 Å². The van der Waals surface area contributed by atoms with E-state index in [-0.39, 0.29) is 24.1 Å². The zero-order valence-corrected chi connectivity index (χ0v) is 22.6. The van der Waals surface area contributed by atoms with Gasteiger partial charge in [0.05, 0.1) is 18.2 Å². The molecular formula is C28H40F3N5O2. The molecule has 4 N–H and O–H groups in total. The van der Waals surface area contributed by atoms with Gasteiger partial charge in [-0.1, -0.05) is 39.8 Å². The van der Waals surface area contributed by atoms with Crippen molar-refractivity contribution in [2.24, 2.45) is 0 Å². The number of pyridine rings is 1. The number of nitrogens with zero attached hydrogens (tertiary/aromatic N) is 2. The molecule has 0 bridgehead atoms. The smallest absolute Gasteiger partial charge is 0.384 e. The SMILES string of the molecule is CC.CC.Nc1ccc(C2CCC(N3CC(NC(=O)CNC(=O)c4cccc(C(F)(F)F)c4)C3)CC2)cn1. The number of anilines is 1. The van der Waals surface area contributed by atoms with Gasteiger partial charge in [0.15, 0.2) is 0 Å². The van der Waals surface area contributed by atoms with Crippen molar-refractivity contribution in [3.63, 3.8) is 0 Å². The lowest BCUT2D eigenvalue weighted by Crippen LogP contribution is -2.63. The van der Waals surface area contributed by atoms with Gasteiger partial charge in [0.1, 0.15) is 5.82 Å². The minimum atomic E-state index is -4.53. The standard InChI is InChI=1S/C24H28F3N5O2.2C2H6/c25-24(26,27)18-3-1-2-16(10-18)23(34)30-12-22(33)31-19-13-32(14-19)20-7-4-15(5-8-20)17-6-9-21(28)29-11-17;2*1-2/h1-3,6,9-11,15,19-20H,4-5,7-8,12-14H2,(H2,28,29)(H,30,34)(H,31,33);2*1-2H3. The summed E-state index contributed by atoms with van der Waals surface area (Å²) in [5.74, 6) is -0.0445. The summed E-state index contributed by atoms with van der Waals surface area (Å²) in [7, 11) is 0. The Labute approximate surface area is 223 Å². The Morgan fingerprint density at radius 1 is 1.03 bits per heavy atom. The number of nitrogens with one attached hydrogen (secondary N) is 2. The first-order valence-electron chi connectivity index (χ1n) is 13.4. The van der Waals surface area contributed by atoms with Gasteiger partial charge in [-0.3, -0.25) is 14.5 Å². The van der Waals surface area contributed by atoms with Crippen LogP contribution in [0.25, 0.3) is 0 Å². The Balaban J connectivity index is 0.00000121. The number of halogens is 3. The summed E-state index contributed by atoms with van der Waals surface area (Å²) in [6.45, 7) is 9.23. The highest BCUT2D eigenvalue weighted by atomic mass is 19.4. The van der Waals surface area contributed by atoms with Crippen LogP contribution in [0.2, 0.25) is 0 Å².